The maximum absolute atomic E-state index is 13.2. The van der Waals surface area contributed by atoms with Crippen LogP contribution in [0.4, 0.5) is 9.59 Å². The van der Waals surface area contributed by atoms with Gasteiger partial charge in [0.15, 0.2) is 0 Å². The molecule has 0 aromatic carbocycles. The molecule has 0 aliphatic carbocycles. The molecule has 35 heavy (non-hydrogen) atoms. The van der Waals surface area contributed by atoms with Gasteiger partial charge in [-0.05, 0) is 53.4 Å². The van der Waals surface area contributed by atoms with E-state index in [4.69, 9.17) is 20.9 Å². The van der Waals surface area contributed by atoms with Gasteiger partial charge in [-0.3, -0.25) is 14.2 Å². The first-order valence-corrected chi connectivity index (χ1v) is 13.4. The van der Waals surface area contributed by atoms with Crippen LogP contribution in [-0.2, 0) is 23.6 Å². The molecule has 0 rings (SSSR count). The molecule has 0 aliphatic rings. The first-order chi connectivity index (χ1) is 15.5. The highest BCUT2D eigenvalue weighted by molar-refractivity contribution is 7.57. The maximum Gasteiger partial charge on any atom is 0.417 e. The van der Waals surface area contributed by atoms with E-state index in [9.17, 15) is 28.6 Å². The van der Waals surface area contributed by atoms with Crippen molar-refractivity contribution in [2.24, 2.45) is 23.3 Å². The second-order valence-electron chi connectivity index (χ2n) is 11.2. The highest BCUT2D eigenvalue weighted by atomic mass is 31.2. The monoisotopic (exact) mass is 522 g/mol. The Labute approximate surface area is 208 Å². The number of nitrogens with zero attached hydrogens (tertiary/aromatic N) is 2. The van der Waals surface area contributed by atoms with E-state index < -0.39 is 79.1 Å². The van der Waals surface area contributed by atoms with Gasteiger partial charge in [0.25, 0.3) is 0 Å². The van der Waals surface area contributed by atoms with Gasteiger partial charge in [-0.1, -0.05) is 27.7 Å². The number of rotatable bonds is 8. The predicted molar refractivity (Wildman–Crippen MR) is 131 cm³/mol. The van der Waals surface area contributed by atoms with Gasteiger partial charge < -0.3 is 25.8 Å². The molecule has 0 unspecified atom stereocenters. The van der Waals surface area contributed by atoms with Gasteiger partial charge in [-0.15, -0.1) is 0 Å². The Morgan fingerprint density at radius 3 is 1.20 bits per heavy atom. The van der Waals surface area contributed by atoms with Crippen LogP contribution in [0.25, 0.3) is 0 Å². The van der Waals surface area contributed by atoms with Crippen LogP contribution in [0.15, 0.2) is 0 Å². The van der Waals surface area contributed by atoms with Crippen LogP contribution in [0.1, 0.15) is 69.2 Å². The Morgan fingerprint density at radius 1 is 0.743 bits per heavy atom. The second kappa shape index (κ2) is 12.3. The van der Waals surface area contributed by atoms with E-state index in [0.29, 0.717) is 9.80 Å². The van der Waals surface area contributed by atoms with Crippen molar-refractivity contribution < 1.29 is 38.1 Å². The SMILES string of the molecule is CC(C)[C@H](N)C(=O)N(CP(=O)(O)CN(C(=O)OC(C)(C)C)C(=O)[C@@H](N)C(C)C)C(=O)OC(C)(C)C. The first-order valence-electron chi connectivity index (χ1n) is 11.4. The van der Waals surface area contributed by atoms with Crippen molar-refractivity contribution in [1.82, 2.24) is 9.80 Å². The zero-order chi connectivity index (χ0) is 28.1. The van der Waals surface area contributed by atoms with Crippen molar-refractivity contribution in [3.8, 4) is 0 Å². The molecule has 0 spiro atoms. The highest BCUT2D eigenvalue weighted by Gasteiger charge is 2.41. The minimum Gasteiger partial charge on any atom is -0.443 e. The van der Waals surface area contributed by atoms with Gasteiger partial charge in [-0.25, -0.2) is 19.4 Å². The Hall–Kier alpha value is -2.01. The molecule has 0 heterocycles. The molecule has 0 bridgehead atoms. The molecule has 13 heteroatoms. The summed E-state index contributed by atoms with van der Waals surface area (Å²) in [6.07, 6.45) is -4.43. The lowest BCUT2D eigenvalue weighted by molar-refractivity contribution is -0.132. The number of hydrogen-bond donors (Lipinski definition) is 3. The van der Waals surface area contributed by atoms with Gasteiger partial charge in [0.1, 0.15) is 23.8 Å². The van der Waals surface area contributed by atoms with Crippen LogP contribution in [0.3, 0.4) is 0 Å². The molecule has 0 fully saturated rings. The predicted octanol–water partition coefficient (Wildman–Crippen LogP) is 2.67. The van der Waals surface area contributed by atoms with Crippen molar-refractivity contribution in [2.75, 3.05) is 12.6 Å². The molecule has 0 aromatic heterocycles. The van der Waals surface area contributed by atoms with Crippen molar-refractivity contribution in [3.05, 3.63) is 0 Å². The quantitative estimate of drug-likeness (QED) is 0.401. The number of carbonyl (C=O) groups excluding carboxylic acids is 4. The molecule has 204 valence electrons. The molecule has 0 saturated carbocycles. The third kappa shape index (κ3) is 11.5. The first kappa shape index (κ1) is 33.0. The number of ether oxygens (including phenoxy) is 2. The fraction of sp³-hybridized carbons (Fsp3) is 0.818. The zero-order valence-corrected chi connectivity index (χ0v) is 23.4. The molecule has 12 nitrogen and oxygen atoms in total. The number of carbonyl (C=O) groups is 4. The van der Waals surface area contributed by atoms with E-state index in [2.05, 4.69) is 0 Å². The third-order valence-corrected chi connectivity index (χ3v) is 5.94. The summed E-state index contributed by atoms with van der Waals surface area (Å²) in [5.74, 6) is -2.65. The number of amides is 4. The molecule has 0 aromatic rings. The summed E-state index contributed by atoms with van der Waals surface area (Å²) in [6.45, 7) is 15.9. The molecule has 4 amide bonds. The number of nitrogens with two attached hydrogens (primary N) is 2. The number of hydrogen-bond acceptors (Lipinski definition) is 9. The van der Waals surface area contributed by atoms with Crippen molar-refractivity contribution in [1.29, 1.82) is 0 Å². The standard InChI is InChI=1S/C22H43N4O8P/c1-13(2)15(23)17(27)25(19(29)33-21(5,6)7)11-35(31,32)12-26(18(28)16(24)14(3)4)20(30)34-22(8,9)10/h13-16H,11-12,23-24H2,1-10H3,(H,31,32)/t15-,16-/m0/s1. The highest BCUT2D eigenvalue weighted by Crippen LogP contribution is 2.43. The summed E-state index contributed by atoms with van der Waals surface area (Å²) in [4.78, 5) is 62.9. The Bertz CT molecular complexity index is 768. The molecule has 0 saturated heterocycles. The lowest BCUT2D eigenvalue weighted by Gasteiger charge is -2.32. The van der Waals surface area contributed by atoms with Gasteiger partial charge in [0.05, 0.1) is 12.1 Å². The van der Waals surface area contributed by atoms with E-state index in [1.165, 1.54) is 0 Å². The fourth-order valence-electron chi connectivity index (χ4n) is 2.49. The van der Waals surface area contributed by atoms with Crippen LogP contribution in [0, 0.1) is 11.8 Å². The van der Waals surface area contributed by atoms with E-state index in [1.54, 1.807) is 69.2 Å². The molecular weight excluding hydrogens is 479 g/mol. The van der Waals surface area contributed by atoms with E-state index >= 15 is 0 Å². The van der Waals surface area contributed by atoms with Crippen molar-refractivity contribution in [2.45, 2.75) is 92.5 Å². The molecule has 0 aliphatic heterocycles. The Morgan fingerprint density at radius 2 is 1.00 bits per heavy atom. The van der Waals surface area contributed by atoms with Crippen molar-refractivity contribution >= 4 is 31.4 Å². The molecule has 0 radical (unpaired) electrons. The zero-order valence-electron chi connectivity index (χ0n) is 22.5. The summed E-state index contributed by atoms with van der Waals surface area (Å²) < 4.78 is 23.7. The van der Waals surface area contributed by atoms with E-state index in [1.807, 2.05) is 0 Å². The van der Waals surface area contributed by atoms with Gasteiger partial charge in [0.2, 0.25) is 19.2 Å². The number of imide groups is 2. The maximum atomic E-state index is 13.2. The van der Waals surface area contributed by atoms with Gasteiger partial charge >= 0.3 is 12.2 Å². The molecular formula is C22H43N4O8P. The fourth-order valence-corrected chi connectivity index (χ4v) is 3.97. The van der Waals surface area contributed by atoms with Crippen LogP contribution in [-0.4, -0.2) is 74.6 Å². The lowest BCUT2D eigenvalue weighted by atomic mass is 10.0. The van der Waals surface area contributed by atoms with Crippen molar-refractivity contribution in [3.63, 3.8) is 0 Å². The van der Waals surface area contributed by atoms with Gasteiger partial charge in [0, 0.05) is 0 Å². The smallest absolute Gasteiger partial charge is 0.417 e. The minimum absolute atomic E-state index is 0.394. The average molecular weight is 523 g/mol. The van der Waals surface area contributed by atoms with Crippen LogP contribution in [0.2, 0.25) is 0 Å². The van der Waals surface area contributed by atoms with Crippen LogP contribution in [0.5, 0.6) is 0 Å². The van der Waals surface area contributed by atoms with Gasteiger partial charge in [-0.2, -0.15) is 0 Å². The minimum atomic E-state index is -4.59. The summed E-state index contributed by atoms with van der Waals surface area (Å²) in [6, 6.07) is -2.33. The summed E-state index contributed by atoms with van der Waals surface area (Å²) in [5.41, 5.74) is 9.76. The second-order valence-corrected chi connectivity index (χ2v) is 13.4. The largest absolute Gasteiger partial charge is 0.443 e. The van der Waals surface area contributed by atoms with Crippen LogP contribution < -0.4 is 11.5 Å². The van der Waals surface area contributed by atoms with Crippen LogP contribution >= 0.6 is 7.37 Å². The normalized spacial score (nSPS) is 14.4. The summed E-state index contributed by atoms with van der Waals surface area (Å²) in [7, 11) is -4.59. The summed E-state index contributed by atoms with van der Waals surface area (Å²) in [5, 5.41) is 0. The third-order valence-electron chi connectivity index (χ3n) is 4.49. The Kier molecular flexibility index (Phi) is 11.6. The molecule has 2 atom stereocenters. The average Bonchev–Trinajstić information content (AvgIpc) is 2.65. The topological polar surface area (TPSA) is 183 Å². The Balaban J connectivity index is 6.20. The van der Waals surface area contributed by atoms with E-state index in [-0.39, 0.29) is 0 Å². The summed E-state index contributed by atoms with van der Waals surface area (Å²) >= 11 is 0. The lowest BCUT2D eigenvalue weighted by Crippen LogP contribution is -2.52. The van der Waals surface area contributed by atoms with E-state index in [0.717, 1.165) is 0 Å². The molecule has 5 N–H and O–H groups in total.